The van der Waals surface area contributed by atoms with Crippen molar-refractivity contribution in [3.05, 3.63) is 46.6 Å². The summed E-state index contributed by atoms with van der Waals surface area (Å²) in [7, 11) is 0. The standard InChI is InChI=1S/C15H13FN2OS/c1-2-3-11-14(17-8-18-15(11)20)13-7-9-6-10(16)4-5-12(9)19-13/h4-8H,2-3H2,1H3,(H,17,18,20). The second-order valence-electron chi connectivity index (χ2n) is 4.60. The summed E-state index contributed by atoms with van der Waals surface area (Å²) in [6.45, 7) is 2.08. The van der Waals surface area contributed by atoms with E-state index in [-0.39, 0.29) is 5.82 Å². The average Bonchev–Trinajstić information content (AvgIpc) is 2.84. The van der Waals surface area contributed by atoms with Crippen LogP contribution >= 0.6 is 12.2 Å². The summed E-state index contributed by atoms with van der Waals surface area (Å²) in [5.74, 6) is 0.379. The fourth-order valence-electron chi connectivity index (χ4n) is 2.27. The Morgan fingerprint density at radius 1 is 1.35 bits per heavy atom. The quantitative estimate of drug-likeness (QED) is 0.714. The van der Waals surface area contributed by atoms with Crippen molar-refractivity contribution in [3.8, 4) is 11.5 Å². The number of aromatic nitrogens is 2. The Bertz CT molecular complexity index is 822. The van der Waals surface area contributed by atoms with Crippen LogP contribution in [0.25, 0.3) is 22.4 Å². The number of fused-ring (bicyclic) bond motifs is 1. The molecule has 102 valence electrons. The molecule has 3 rings (SSSR count). The van der Waals surface area contributed by atoms with Crippen LogP contribution in [0, 0.1) is 10.5 Å². The van der Waals surface area contributed by atoms with Gasteiger partial charge in [-0.15, -0.1) is 0 Å². The average molecular weight is 288 g/mol. The fraction of sp³-hybridized carbons (Fsp3) is 0.200. The van der Waals surface area contributed by atoms with E-state index in [9.17, 15) is 4.39 Å². The van der Waals surface area contributed by atoms with Crippen LogP contribution in [0.3, 0.4) is 0 Å². The number of hydrogen-bond acceptors (Lipinski definition) is 3. The summed E-state index contributed by atoms with van der Waals surface area (Å²) in [5, 5.41) is 0.735. The highest BCUT2D eigenvalue weighted by molar-refractivity contribution is 7.71. The first kappa shape index (κ1) is 13.0. The van der Waals surface area contributed by atoms with Gasteiger partial charge in [-0.2, -0.15) is 0 Å². The van der Waals surface area contributed by atoms with E-state index >= 15 is 0 Å². The minimum absolute atomic E-state index is 0.277. The van der Waals surface area contributed by atoms with Gasteiger partial charge in [-0.25, -0.2) is 9.37 Å². The summed E-state index contributed by atoms with van der Waals surface area (Å²) in [6, 6.07) is 6.29. The van der Waals surface area contributed by atoms with Crippen LogP contribution in [0.1, 0.15) is 18.9 Å². The van der Waals surface area contributed by atoms with Gasteiger partial charge in [0, 0.05) is 10.9 Å². The SMILES string of the molecule is CCCc1c(-c2cc3cc(F)ccc3o2)[nH]cnc1=S. The van der Waals surface area contributed by atoms with Crippen molar-refractivity contribution in [1.29, 1.82) is 0 Å². The highest BCUT2D eigenvalue weighted by Gasteiger charge is 2.12. The number of rotatable bonds is 3. The van der Waals surface area contributed by atoms with Crippen LogP contribution < -0.4 is 0 Å². The van der Waals surface area contributed by atoms with Crippen LogP contribution in [0.4, 0.5) is 4.39 Å². The van der Waals surface area contributed by atoms with Gasteiger partial charge >= 0.3 is 0 Å². The maximum atomic E-state index is 13.2. The molecule has 1 aromatic carbocycles. The van der Waals surface area contributed by atoms with Gasteiger partial charge in [-0.3, -0.25) is 0 Å². The Hall–Kier alpha value is -2.01. The van der Waals surface area contributed by atoms with E-state index in [1.807, 2.05) is 6.07 Å². The Morgan fingerprint density at radius 2 is 2.20 bits per heavy atom. The lowest BCUT2D eigenvalue weighted by Crippen LogP contribution is -1.95. The number of benzene rings is 1. The maximum absolute atomic E-state index is 13.2. The molecule has 5 heteroatoms. The van der Waals surface area contributed by atoms with Gasteiger partial charge in [0.15, 0.2) is 5.76 Å². The number of H-pyrrole nitrogens is 1. The van der Waals surface area contributed by atoms with Gasteiger partial charge in [0.1, 0.15) is 16.0 Å². The number of nitrogens with one attached hydrogen (secondary N) is 1. The van der Waals surface area contributed by atoms with E-state index in [1.54, 1.807) is 12.4 Å². The van der Waals surface area contributed by atoms with Gasteiger partial charge in [0.2, 0.25) is 0 Å². The highest BCUT2D eigenvalue weighted by Crippen LogP contribution is 2.29. The van der Waals surface area contributed by atoms with Crippen molar-refractivity contribution >= 4 is 23.2 Å². The van der Waals surface area contributed by atoms with Crippen molar-refractivity contribution < 1.29 is 8.81 Å². The molecule has 0 aliphatic heterocycles. The number of furan rings is 1. The third kappa shape index (κ3) is 2.25. The topological polar surface area (TPSA) is 41.8 Å². The molecule has 0 aliphatic carbocycles. The smallest absolute Gasteiger partial charge is 0.152 e. The summed E-state index contributed by atoms with van der Waals surface area (Å²) in [6.07, 6.45) is 3.35. The molecule has 0 amide bonds. The Labute approximate surface area is 120 Å². The minimum Gasteiger partial charge on any atom is -0.455 e. The third-order valence-electron chi connectivity index (χ3n) is 3.18. The molecule has 0 unspecified atom stereocenters. The summed E-state index contributed by atoms with van der Waals surface area (Å²) < 4.78 is 19.6. The second-order valence-corrected chi connectivity index (χ2v) is 4.99. The first-order valence-corrected chi connectivity index (χ1v) is 6.86. The van der Waals surface area contributed by atoms with Crippen LogP contribution in [0.5, 0.6) is 0 Å². The van der Waals surface area contributed by atoms with Crippen LogP contribution in [0.15, 0.2) is 35.0 Å². The molecule has 0 fully saturated rings. The number of aromatic amines is 1. The van der Waals surface area contributed by atoms with Crippen LogP contribution in [0.2, 0.25) is 0 Å². The van der Waals surface area contributed by atoms with Crippen molar-refractivity contribution in [2.24, 2.45) is 0 Å². The van der Waals surface area contributed by atoms with Gasteiger partial charge < -0.3 is 9.40 Å². The van der Waals surface area contributed by atoms with E-state index in [4.69, 9.17) is 16.6 Å². The van der Waals surface area contributed by atoms with Gasteiger partial charge in [0.25, 0.3) is 0 Å². The van der Waals surface area contributed by atoms with Gasteiger partial charge in [-0.05, 0) is 30.7 Å². The molecule has 0 saturated carbocycles. The molecule has 0 aliphatic rings. The lowest BCUT2D eigenvalue weighted by atomic mass is 10.1. The van der Waals surface area contributed by atoms with E-state index in [2.05, 4.69) is 16.9 Å². The molecule has 3 aromatic rings. The van der Waals surface area contributed by atoms with Gasteiger partial charge in [0.05, 0.1) is 12.0 Å². The third-order valence-corrected chi connectivity index (χ3v) is 3.53. The first-order chi connectivity index (χ1) is 9.69. The summed E-state index contributed by atoms with van der Waals surface area (Å²) in [5.41, 5.74) is 2.44. The van der Waals surface area contributed by atoms with Crippen molar-refractivity contribution in [1.82, 2.24) is 9.97 Å². The van der Waals surface area contributed by atoms with E-state index in [0.29, 0.717) is 16.0 Å². The van der Waals surface area contributed by atoms with E-state index in [0.717, 1.165) is 29.5 Å². The van der Waals surface area contributed by atoms with Crippen LogP contribution in [-0.4, -0.2) is 9.97 Å². The molecule has 0 spiro atoms. The maximum Gasteiger partial charge on any atom is 0.152 e. The van der Waals surface area contributed by atoms with E-state index < -0.39 is 0 Å². The largest absolute Gasteiger partial charge is 0.455 e. The predicted octanol–water partition coefficient (Wildman–Crippen LogP) is 4.64. The molecule has 0 atom stereocenters. The molecule has 2 aromatic heterocycles. The monoisotopic (exact) mass is 288 g/mol. The molecular formula is C15H13FN2OS. The molecule has 0 radical (unpaired) electrons. The number of hydrogen-bond donors (Lipinski definition) is 1. The Kier molecular flexibility index (Phi) is 3.36. The zero-order chi connectivity index (χ0) is 14.1. The molecule has 0 saturated heterocycles. The van der Waals surface area contributed by atoms with Gasteiger partial charge in [-0.1, -0.05) is 25.6 Å². The lowest BCUT2D eigenvalue weighted by Gasteiger charge is -2.05. The molecule has 20 heavy (non-hydrogen) atoms. The van der Waals surface area contributed by atoms with Crippen molar-refractivity contribution in [2.45, 2.75) is 19.8 Å². The fourth-order valence-corrected chi connectivity index (χ4v) is 2.52. The molecular weight excluding hydrogens is 275 g/mol. The van der Waals surface area contributed by atoms with Crippen molar-refractivity contribution in [2.75, 3.05) is 0 Å². The predicted molar refractivity (Wildman–Crippen MR) is 78.6 cm³/mol. The van der Waals surface area contributed by atoms with E-state index in [1.165, 1.54) is 12.1 Å². The van der Waals surface area contributed by atoms with Crippen LogP contribution in [-0.2, 0) is 6.42 Å². The Balaban J connectivity index is 2.20. The zero-order valence-electron chi connectivity index (χ0n) is 10.9. The lowest BCUT2D eigenvalue weighted by molar-refractivity contribution is 0.616. The molecule has 2 heterocycles. The number of halogens is 1. The minimum atomic E-state index is -0.277. The van der Waals surface area contributed by atoms with Crippen molar-refractivity contribution in [3.63, 3.8) is 0 Å². The zero-order valence-corrected chi connectivity index (χ0v) is 11.8. The Morgan fingerprint density at radius 3 is 3.00 bits per heavy atom. The molecule has 0 bridgehead atoms. The summed E-state index contributed by atoms with van der Waals surface area (Å²) in [4.78, 5) is 7.20. The highest BCUT2D eigenvalue weighted by atomic mass is 32.1. The number of nitrogens with zero attached hydrogens (tertiary/aromatic N) is 1. The normalized spacial score (nSPS) is 11.1. The summed E-state index contributed by atoms with van der Waals surface area (Å²) >= 11 is 5.27. The second kappa shape index (κ2) is 5.17. The molecule has 3 nitrogen and oxygen atoms in total. The first-order valence-electron chi connectivity index (χ1n) is 6.45. The molecule has 1 N–H and O–H groups in total.